The fraction of sp³-hybridized carbons (Fsp3) is 0.643. The smallest absolute Gasteiger partial charge is 0.221 e. The van der Waals surface area contributed by atoms with Crippen molar-refractivity contribution < 1.29 is 4.79 Å². The first-order valence-electron chi connectivity index (χ1n) is 6.71. The normalized spacial score (nSPS) is 20.0. The van der Waals surface area contributed by atoms with Crippen LogP contribution in [0.2, 0.25) is 0 Å². The summed E-state index contributed by atoms with van der Waals surface area (Å²) in [6, 6.07) is 2.44. The lowest BCUT2D eigenvalue weighted by Gasteiger charge is -2.24. The molecular weight excluding hydrogens is 226 g/mol. The predicted octanol–water partition coefficient (Wildman–Crippen LogP) is 1.55. The molecule has 4 heteroatoms. The minimum atomic E-state index is -0.0290. The summed E-state index contributed by atoms with van der Waals surface area (Å²) in [7, 11) is 0. The van der Waals surface area contributed by atoms with Crippen molar-refractivity contribution in [3.8, 4) is 0 Å². The number of aromatic amines is 1. The first kappa shape index (κ1) is 13.1. The Morgan fingerprint density at radius 1 is 1.56 bits per heavy atom. The summed E-state index contributed by atoms with van der Waals surface area (Å²) in [5.74, 6) is 0.151. The third-order valence-electron chi connectivity index (χ3n) is 3.70. The maximum atomic E-state index is 11.9. The average Bonchev–Trinajstić information content (AvgIpc) is 2.99. The average molecular weight is 249 g/mol. The molecule has 2 heterocycles. The van der Waals surface area contributed by atoms with Crippen LogP contribution in [0.1, 0.15) is 38.7 Å². The van der Waals surface area contributed by atoms with E-state index in [2.05, 4.69) is 35.5 Å². The third-order valence-corrected chi connectivity index (χ3v) is 3.70. The van der Waals surface area contributed by atoms with Gasteiger partial charge in [0.15, 0.2) is 0 Å². The molecule has 0 bridgehead atoms. The summed E-state index contributed by atoms with van der Waals surface area (Å²) in [4.78, 5) is 14.9. The second-order valence-corrected chi connectivity index (χ2v) is 5.76. The molecule has 0 aliphatic carbocycles. The second kappa shape index (κ2) is 5.57. The van der Waals surface area contributed by atoms with Crippen LogP contribution in [0, 0.1) is 0 Å². The first-order valence-corrected chi connectivity index (χ1v) is 6.71. The van der Waals surface area contributed by atoms with E-state index in [1.807, 2.05) is 12.4 Å². The Bertz CT molecular complexity index is 378. The minimum absolute atomic E-state index is 0.0290. The first-order chi connectivity index (χ1) is 8.58. The molecule has 4 nitrogen and oxygen atoms in total. The number of carbonyl (C=O) groups is 1. The zero-order valence-electron chi connectivity index (χ0n) is 11.3. The van der Waals surface area contributed by atoms with E-state index in [0.29, 0.717) is 19.0 Å². The van der Waals surface area contributed by atoms with Crippen molar-refractivity contribution in [2.45, 2.75) is 44.6 Å². The zero-order chi connectivity index (χ0) is 13.0. The molecule has 0 radical (unpaired) electrons. The van der Waals surface area contributed by atoms with E-state index >= 15 is 0 Å². The van der Waals surface area contributed by atoms with Gasteiger partial charge in [-0.3, -0.25) is 4.79 Å². The van der Waals surface area contributed by atoms with Crippen LogP contribution < -0.4 is 10.6 Å². The van der Waals surface area contributed by atoms with Crippen molar-refractivity contribution >= 4 is 5.91 Å². The summed E-state index contributed by atoms with van der Waals surface area (Å²) in [6.07, 6.45) is 6.82. The Morgan fingerprint density at radius 3 is 3.00 bits per heavy atom. The van der Waals surface area contributed by atoms with Crippen molar-refractivity contribution in [2.75, 3.05) is 13.1 Å². The van der Waals surface area contributed by atoms with Crippen LogP contribution >= 0.6 is 0 Å². The van der Waals surface area contributed by atoms with Gasteiger partial charge in [-0.2, -0.15) is 0 Å². The molecule has 18 heavy (non-hydrogen) atoms. The molecule has 1 unspecified atom stereocenters. The van der Waals surface area contributed by atoms with E-state index in [1.54, 1.807) is 0 Å². The van der Waals surface area contributed by atoms with E-state index in [9.17, 15) is 4.79 Å². The number of amides is 1. The van der Waals surface area contributed by atoms with E-state index in [0.717, 1.165) is 13.0 Å². The summed E-state index contributed by atoms with van der Waals surface area (Å²) in [5.41, 5.74) is 1.19. The highest BCUT2D eigenvalue weighted by Crippen LogP contribution is 2.21. The van der Waals surface area contributed by atoms with E-state index < -0.39 is 0 Å². The number of aromatic nitrogens is 1. The molecule has 3 N–H and O–H groups in total. The zero-order valence-corrected chi connectivity index (χ0v) is 11.3. The number of nitrogens with one attached hydrogen (secondary N) is 3. The third kappa shape index (κ3) is 3.35. The highest BCUT2D eigenvalue weighted by atomic mass is 16.1. The second-order valence-electron chi connectivity index (χ2n) is 5.76. The van der Waals surface area contributed by atoms with Gasteiger partial charge in [-0.1, -0.05) is 13.8 Å². The highest BCUT2D eigenvalue weighted by molar-refractivity contribution is 5.76. The van der Waals surface area contributed by atoms with Crippen LogP contribution in [-0.4, -0.2) is 30.0 Å². The number of hydrogen-bond donors (Lipinski definition) is 3. The van der Waals surface area contributed by atoms with Crippen molar-refractivity contribution in [1.29, 1.82) is 0 Å². The van der Waals surface area contributed by atoms with Crippen molar-refractivity contribution in [3.05, 3.63) is 24.0 Å². The number of carbonyl (C=O) groups excluding carboxylic acids is 1. The van der Waals surface area contributed by atoms with Gasteiger partial charge in [0.2, 0.25) is 5.91 Å². The molecule has 1 amide bonds. The minimum Gasteiger partial charge on any atom is -0.367 e. The van der Waals surface area contributed by atoms with E-state index in [4.69, 9.17) is 0 Å². The van der Waals surface area contributed by atoms with Crippen LogP contribution in [0.3, 0.4) is 0 Å². The fourth-order valence-electron chi connectivity index (χ4n) is 2.39. The highest BCUT2D eigenvalue weighted by Gasteiger charge is 2.23. The van der Waals surface area contributed by atoms with Gasteiger partial charge < -0.3 is 15.6 Å². The van der Waals surface area contributed by atoms with Crippen molar-refractivity contribution in [1.82, 2.24) is 15.6 Å². The summed E-state index contributed by atoms with van der Waals surface area (Å²) >= 11 is 0. The predicted molar refractivity (Wildman–Crippen MR) is 72.5 cm³/mol. The maximum absolute atomic E-state index is 11.9. The largest absolute Gasteiger partial charge is 0.367 e. The Balaban J connectivity index is 1.78. The summed E-state index contributed by atoms with van der Waals surface area (Å²) in [5, 5.41) is 6.39. The molecular formula is C14H23N3O. The molecule has 0 aromatic carbocycles. The standard InChI is InChI=1S/C14H23N3O/c1-14(2,11-5-7-15-9-11)10-17-13(18)8-12-4-3-6-16-12/h5,7,9,12,15-16H,3-4,6,8,10H2,1-2H3,(H,17,18). The van der Waals surface area contributed by atoms with Gasteiger partial charge >= 0.3 is 0 Å². The molecule has 1 aromatic rings. The van der Waals surface area contributed by atoms with Gasteiger partial charge in [0.1, 0.15) is 0 Å². The van der Waals surface area contributed by atoms with E-state index in [1.165, 1.54) is 12.0 Å². The molecule has 0 spiro atoms. The fourth-order valence-corrected chi connectivity index (χ4v) is 2.39. The molecule has 0 saturated carbocycles. The lowest BCUT2D eigenvalue weighted by Crippen LogP contribution is -2.39. The molecule has 1 atom stereocenters. The van der Waals surface area contributed by atoms with Gasteiger partial charge in [0, 0.05) is 36.8 Å². The van der Waals surface area contributed by atoms with Gasteiger partial charge in [-0.25, -0.2) is 0 Å². The summed E-state index contributed by atoms with van der Waals surface area (Å²) < 4.78 is 0. The quantitative estimate of drug-likeness (QED) is 0.741. The number of H-pyrrole nitrogens is 1. The maximum Gasteiger partial charge on any atom is 0.221 e. The molecule has 1 aliphatic rings. The van der Waals surface area contributed by atoms with Crippen LogP contribution in [0.15, 0.2) is 18.5 Å². The Morgan fingerprint density at radius 2 is 2.39 bits per heavy atom. The summed E-state index contributed by atoms with van der Waals surface area (Å²) in [6.45, 7) is 6.01. The van der Waals surface area contributed by atoms with Crippen LogP contribution in [0.4, 0.5) is 0 Å². The van der Waals surface area contributed by atoms with Crippen molar-refractivity contribution in [2.24, 2.45) is 0 Å². The van der Waals surface area contributed by atoms with Crippen LogP contribution in [-0.2, 0) is 10.2 Å². The molecule has 1 fully saturated rings. The van der Waals surface area contributed by atoms with Gasteiger partial charge in [-0.05, 0) is 31.0 Å². The van der Waals surface area contributed by atoms with Crippen molar-refractivity contribution in [3.63, 3.8) is 0 Å². The monoisotopic (exact) mass is 249 g/mol. The van der Waals surface area contributed by atoms with Gasteiger partial charge in [0.25, 0.3) is 0 Å². The number of hydrogen-bond acceptors (Lipinski definition) is 2. The molecule has 1 saturated heterocycles. The molecule has 1 aromatic heterocycles. The Labute approximate surface area is 109 Å². The lowest BCUT2D eigenvalue weighted by molar-refractivity contribution is -0.121. The topological polar surface area (TPSA) is 56.9 Å². The van der Waals surface area contributed by atoms with Crippen LogP contribution in [0.25, 0.3) is 0 Å². The Hall–Kier alpha value is -1.29. The van der Waals surface area contributed by atoms with Gasteiger partial charge in [-0.15, -0.1) is 0 Å². The SMILES string of the molecule is CC(C)(CNC(=O)CC1CCCN1)c1cc[nH]c1. The lowest BCUT2D eigenvalue weighted by atomic mass is 9.86. The molecule has 1 aliphatic heterocycles. The van der Waals surface area contributed by atoms with Crippen LogP contribution in [0.5, 0.6) is 0 Å². The molecule has 100 valence electrons. The van der Waals surface area contributed by atoms with Gasteiger partial charge in [0.05, 0.1) is 0 Å². The Kier molecular flexibility index (Phi) is 4.07. The molecule has 2 rings (SSSR count). The van der Waals surface area contributed by atoms with E-state index in [-0.39, 0.29) is 11.3 Å². The number of rotatable bonds is 5.